The van der Waals surface area contributed by atoms with Crippen LogP contribution in [-0.4, -0.2) is 37.3 Å². The molecule has 1 atom stereocenters. The summed E-state index contributed by atoms with van der Waals surface area (Å²) in [6.45, 7) is 4.09. The van der Waals surface area contributed by atoms with Gasteiger partial charge in [-0.15, -0.1) is 0 Å². The summed E-state index contributed by atoms with van der Waals surface area (Å²) in [6.07, 6.45) is 0.824. The van der Waals surface area contributed by atoms with Gasteiger partial charge in [-0.3, -0.25) is 4.79 Å². The van der Waals surface area contributed by atoms with Gasteiger partial charge in [0.15, 0.2) is 0 Å². The number of carbonyl (C=O) groups is 1. The Morgan fingerprint density at radius 1 is 1.56 bits per heavy atom. The van der Waals surface area contributed by atoms with Crippen LogP contribution in [0.1, 0.15) is 26.7 Å². The number of hydrogen-bond acceptors (Lipinski definition) is 5. The third-order valence-corrected chi connectivity index (χ3v) is 2.13. The van der Waals surface area contributed by atoms with E-state index in [0.717, 1.165) is 6.42 Å². The summed E-state index contributed by atoms with van der Waals surface area (Å²) in [6, 6.07) is -0.151. The molecule has 0 aliphatic rings. The van der Waals surface area contributed by atoms with Crippen LogP contribution in [0.5, 0.6) is 0 Å². The zero-order chi connectivity index (χ0) is 12.1. The van der Waals surface area contributed by atoms with Gasteiger partial charge < -0.3 is 10.4 Å². The highest BCUT2D eigenvalue weighted by Crippen LogP contribution is 2.12. The lowest BCUT2D eigenvalue weighted by atomic mass is 10.0. The summed E-state index contributed by atoms with van der Waals surface area (Å²) in [5.41, 5.74) is 0. The number of nitrogens with one attached hydrogen (secondary N) is 1. The molecule has 0 saturated carbocycles. The minimum absolute atomic E-state index is 0.0606. The van der Waals surface area contributed by atoms with Gasteiger partial charge in [-0.25, -0.2) is 4.68 Å². The lowest BCUT2D eigenvalue weighted by molar-refractivity contribution is -0.137. The molecule has 0 radical (unpaired) electrons. The standard InChI is InChI=1S/C9H17N5O2/c1-6(2)4-7(5-8(15)16)10-9-11-12-13-14(9)3/h6-7H,4-5H2,1-3H3,(H,15,16)(H,10,11,13)/t7-/m0/s1. The second-order valence-electron chi connectivity index (χ2n) is 4.19. The summed E-state index contributed by atoms with van der Waals surface area (Å²) in [4.78, 5) is 10.7. The number of rotatable bonds is 6. The average molecular weight is 227 g/mol. The largest absolute Gasteiger partial charge is 0.481 e. The predicted octanol–water partition coefficient (Wildman–Crippen LogP) is 0.511. The molecule has 90 valence electrons. The number of nitrogens with zero attached hydrogens (tertiary/aromatic N) is 4. The van der Waals surface area contributed by atoms with Gasteiger partial charge in [0.05, 0.1) is 6.42 Å². The van der Waals surface area contributed by atoms with E-state index in [1.54, 1.807) is 7.05 Å². The fourth-order valence-electron chi connectivity index (χ4n) is 1.51. The molecule has 0 aromatic carbocycles. The van der Waals surface area contributed by atoms with Gasteiger partial charge in [0.2, 0.25) is 5.95 Å². The third kappa shape index (κ3) is 3.84. The Morgan fingerprint density at radius 3 is 2.69 bits per heavy atom. The van der Waals surface area contributed by atoms with Crippen molar-refractivity contribution in [3.05, 3.63) is 0 Å². The molecule has 0 bridgehead atoms. The first-order chi connectivity index (χ1) is 7.49. The Hall–Kier alpha value is -1.66. The smallest absolute Gasteiger partial charge is 0.305 e. The molecule has 7 nitrogen and oxygen atoms in total. The number of aromatic nitrogens is 4. The van der Waals surface area contributed by atoms with Crippen LogP contribution in [0, 0.1) is 5.92 Å². The van der Waals surface area contributed by atoms with Crippen LogP contribution in [0.4, 0.5) is 5.95 Å². The van der Waals surface area contributed by atoms with E-state index in [1.807, 2.05) is 13.8 Å². The van der Waals surface area contributed by atoms with Gasteiger partial charge in [-0.1, -0.05) is 18.9 Å². The average Bonchev–Trinajstić information content (AvgIpc) is 2.49. The van der Waals surface area contributed by atoms with Crippen LogP contribution in [-0.2, 0) is 11.8 Å². The highest BCUT2D eigenvalue weighted by atomic mass is 16.4. The zero-order valence-electron chi connectivity index (χ0n) is 9.71. The van der Waals surface area contributed by atoms with Crippen molar-refractivity contribution in [2.24, 2.45) is 13.0 Å². The molecular formula is C9H17N5O2. The number of hydrogen-bond donors (Lipinski definition) is 2. The molecule has 16 heavy (non-hydrogen) atoms. The van der Waals surface area contributed by atoms with Crippen molar-refractivity contribution in [2.45, 2.75) is 32.7 Å². The molecule has 0 aliphatic carbocycles. The lowest BCUT2D eigenvalue weighted by Gasteiger charge is -2.18. The molecule has 0 aliphatic heterocycles. The van der Waals surface area contributed by atoms with Gasteiger partial charge in [0, 0.05) is 13.1 Å². The Balaban J connectivity index is 2.62. The summed E-state index contributed by atoms with van der Waals surface area (Å²) in [7, 11) is 1.70. The monoisotopic (exact) mass is 227 g/mol. The maximum absolute atomic E-state index is 10.7. The van der Waals surface area contributed by atoms with Crippen LogP contribution < -0.4 is 5.32 Å². The summed E-state index contributed by atoms with van der Waals surface area (Å²) in [5.74, 6) is 0.0817. The topological polar surface area (TPSA) is 92.9 Å². The van der Waals surface area contributed by atoms with E-state index < -0.39 is 5.97 Å². The van der Waals surface area contributed by atoms with Gasteiger partial charge in [0.1, 0.15) is 0 Å². The maximum atomic E-state index is 10.7. The van der Waals surface area contributed by atoms with Crippen molar-refractivity contribution < 1.29 is 9.90 Å². The minimum Gasteiger partial charge on any atom is -0.481 e. The first-order valence-electron chi connectivity index (χ1n) is 5.19. The molecule has 2 N–H and O–H groups in total. The van der Waals surface area contributed by atoms with Crippen LogP contribution >= 0.6 is 0 Å². The summed E-state index contributed by atoms with van der Waals surface area (Å²) < 4.78 is 1.48. The third-order valence-electron chi connectivity index (χ3n) is 2.13. The highest BCUT2D eigenvalue weighted by molar-refractivity contribution is 5.68. The van der Waals surface area contributed by atoms with Gasteiger partial charge in [-0.2, -0.15) is 0 Å². The molecule has 1 rings (SSSR count). The van der Waals surface area contributed by atoms with E-state index in [-0.39, 0.29) is 12.5 Å². The van der Waals surface area contributed by atoms with Crippen LogP contribution in [0.15, 0.2) is 0 Å². The van der Waals surface area contributed by atoms with E-state index in [1.165, 1.54) is 4.68 Å². The first kappa shape index (κ1) is 12.4. The van der Waals surface area contributed by atoms with E-state index in [0.29, 0.717) is 11.9 Å². The van der Waals surface area contributed by atoms with Gasteiger partial charge in [-0.05, 0) is 22.8 Å². The molecule has 1 aromatic rings. The van der Waals surface area contributed by atoms with Crippen molar-refractivity contribution in [1.29, 1.82) is 0 Å². The second-order valence-corrected chi connectivity index (χ2v) is 4.19. The molecular weight excluding hydrogens is 210 g/mol. The van der Waals surface area contributed by atoms with Gasteiger partial charge >= 0.3 is 5.97 Å². The second kappa shape index (κ2) is 5.43. The van der Waals surface area contributed by atoms with Crippen LogP contribution in [0.25, 0.3) is 0 Å². The Labute approximate surface area is 93.8 Å². The van der Waals surface area contributed by atoms with Crippen LogP contribution in [0.3, 0.4) is 0 Å². The maximum Gasteiger partial charge on any atom is 0.305 e. The Bertz CT molecular complexity index is 349. The number of tetrazole rings is 1. The van der Waals surface area contributed by atoms with Crippen molar-refractivity contribution >= 4 is 11.9 Å². The number of carboxylic acids is 1. The number of aliphatic carboxylic acids is 1. The zero-order valence-corrected chi connectivity index (χ0v) is 9.71. The number of anilines is 1. The van der Waals surface area contributed by atoms with E-state index in [4.69, 9.17) is 5.11 Å². The molecule has 0 unspecified atom stereocenters. The quantitative estimate of drug-likeness (QED) is 0.735. The fraction of sp³-hybridized carbons (Fsp3) is 0.778. The molecule has 0 saturated heterocycles. The lowest BCUT2D eigenvalue weighted by Crippen LogP contribution is -2.26. The number of carboxylic acid groups (broad SMARTS) is 1. The van der Waals surface area contributed by atoms with Crippen molar-refractivity contribution in [1.82, 2.24) is 20.2 Å². The molecule has 0 fully saturated rings. The Kier molecular flexibility index (Phi) is 4.21. The number of aryl methyl sites for hydroxylation is 1. The van der Waals surface area contributed by atoms with Gasteiger partial charge in [0.25, 0.3) is 0 Å². The first-order valence-corrected chi connectivity index (χ1v) is 5.19. The summed E-state index contributed by atoms with van der Waals surface area (Å²) >= 11 is 0. The van der Waals surface area contributed by atoms with E-state index in [2.05, 4.69) is 20.8 Å². The molecule has 1 aromatic heterocycles. The molecule has 1 heterocycles. The van der Waals surface area contributed by atoms with Crippen molar-refractivity contribution in [2.75, 3.05) is 5.32 Å². The predicted molar refractivity (Wildman–Crippen MR) is 57.9 cm³/mol. The fourth-order valence-corrected chi connectivity index (χ4v) is 1.51. The molecule has 0 spiro atoms. The SMILES string of the molecule is CC(C)C[C@@H](CC(=O)O)Nc1nnnn1C. The Morgan fingerprint density at radius 2 is 2.25 bits per heavy atom. The minimum atomic E-state index is -0.826. The highest BCUT2D eigenvalue weighted by Gasteiger charge is 2.16. The van der Waals surface area contributed by atoms with Crippen LogP contribution in [0.2, 0.25) is 0 Å². The molecule has 7 heteroatoms. The van der Waals surface area contributed by atoms with E-state index >= 15 is 0 Å². The van der Waals surface area contributed by atoms with E-state index in [9.17, 15) is 4.79 Å². The normalized spacial score (nSPS) is 12.8. The van der Waals surface area contributed by atoms with Crippen molar-refractivity contribution in [3.8, 4) is 0 Å². The summed E-state index contributed by atoms with van der Waals surface area (Å²) in [5, 5.41) is 22.8. The molecule has 0 amide bonds. The van der Waals surface area contributed by atoms with Crippen molar-refractivity contribution in [3.63, 3.8) is 0 Å².